The van der Waals surface area contributed by atoms with Gasteiger partial charge in [-0.1, -0.05) is 44.4 Å². The third kappa shape index (κ3) is 2.18. The molecule has 0 aromatic rings. The van der Waals surface area contributed by atoms with Crippen LogP contribution in [0.1, 0.15) is 66.2 Å². The quantitative estimate of drug-likeness (QED) is 0.492. The fourth-order valence-electron chi connectivity index (χ4n) is 6.32. The molecule has 4 aliphatic rings. The Morgan fingerprint density at radius 2 is 1.43 bits per heavy atom. The van der Waals surface area contributed by atoms with Gasteiger partial charge in [0.15, 0.2) is 0 Å². The molecule has 0 fully saturated rings. The van der Waals surface area contributed by atoms with Crippen LogP contribution in [0.3, 0.4) is 0 Å². The van der Waals surface area contributed by atoms with Gasteiger partial charge in [-0.3, -0.25) is 0 Å². The standard InChI is InChI=1S/C22H32S/c1-12-8-7-11-17-18(12)15(4)21-20(17)14(3)16-10-6-9-13(2)19(16)22(21)23-5/h12-15,22H,6-11H2,1-5H3. The zero-order chi connectivity index (χ0) is 16.3. The molecule has 0 aromatic carbocycles. The maximum atomic E-state index is 2.53. The van der Waals surface area contributed by atoms with Crippen LogP contribution in [0.5, 0.6) is 0 Å². The van der Waals surface area contributed by atoms with E-state index < -0.39 is 0 Å². The molecule has 0 bridgehead atoms. The molecule has 0 saturated heterocycles. The predicted octanol–water partition coefficient (Wildman–Crippen LogP) is 6.55. The summed E-state index contributed by atoms with van der Waals surface area (Å²) in [7, 11) is 0. The van der Waals surface area contributed by atoms with E-state index in [9.17, 15) is 0 Å². The van der Waals surface area contributed by atoms with E-state index in [2.05, 4.69) is 45.7 Å². The molecule has 0 amide bonds. The molecule has 4 aliphatic carbocycles. The van der Waals surface area contributed by atoms with E-state index >= 15 is 0 Å². The van der Waals surface area contributed by atoms with Crippen molar-refractivity contribution in [2.75, 3.05) is 6.26 Å². The lowest BCUT2D eigenvalue weighted by molar-refractivity contribution is 0.484. The molecule has 23 heavy (non-hydrogen) atoms. The summed E-state index contributed by atoms with van der Waals surface area (Å²) in [6, 6.07) is 0. The molecule has 1 heteroatoms. The molecule has 5 atom stereocenters. The summed E-state index contributed by atoms with van der Waals surface area (Å²) in [5, 5.41) is 0.680. The van der Waals surface area contributed by atoms with Gasteiger partial charge in [-0.05, 0) is 73.3 Å². The van der Waals surface area contributed by atoms with Crippen LogP contribution in [0.15, 0.2) is 33.4 Å². The summed E-state index contributed by atoms with van der Waals surface area (Å²) in [5.74, 6) is 3.02. The molecule has 126 valence electrons. The van der Waals surface area contributed by atoms with Crippen LogP contribution in [0.4, 0.5) is 0 Å². The first-order chi connectivity index (χ1) is 11.1. The van der Waals surface area contributed by atoms with Gasteiger partial charge >= 0.3 is 0 Å². The summed E-state index contributed by atoms with van der Waals surface area (Å²) in [4.78, 5) is 0. The van der Waals surface area contributed by atoms with Crippen molar-refractivity contribution in [1.82, 2.24) is 0 Å². The van der Waals surface area contributed by atoms with E-state index in [-0.39, 0.29) is 0 Å². The second-order valence-electron chi connectivity index (χ2n) is 8.43. The number of rotatable bonds is 1. The van der Waals surface area contributed by atoms with Gasteiger partial charge in [0.05, 0.1) is 0 Å². The maximum absolute atomic E-state index is 2.53. The second kappa shape index (κ2) is 5.83. The fraction of sp³-hybridized carbons (Fsp3) is 0.727. The Morgan fingerprint density at radius 1 is 0.783 bits per heavy atom. The van der Waals surface area contributed by atoms with E-state index in [0.717, 1.165) is 11.8 Å². The summed E-state index contributed by atoms with van der Waals surface area (Å²) in [6.07, 6.45) is 10.7. The monoisotopic (exact) mass is 328 g/mol. The summed E-state index contributed by atoms with van der Waals surface area (Å²) >= 11 is 2.12. The van der Waals surface area contributed by atoms with Gasteiger partial charge in [-0.25, -0.2) is 0 Å². The van der Waals surface area contributed by atoms with E-state index in [1.54, 1.807) is 0 Å². The lowest BCUT2D eigenvalue weighted by Crippen LogP contribution is -2.30. The van der Waals surface area contributed by atoms with Crippen molar-refractivity contribution in [2.45, 2.75) is 71.5 Å². The van der Waals surface area contributed by atoms with Crippen molar-refractivity contribution in [1.29, 1.82) is 0 Å². The third-order valence-corrected chi connectivity index (χ3v) is 8.23. The lowest BCUT2D eigenvalue weighted by atomic mass is 9.68. The van der Waals surface area contributed by atoms with Crippen LogP contribution in [-0.4, -0.2) is 11.5 Å². The van der Waals surface area contributed by atoms with E-state index in [4.69, 9.17) is 0 Å². The topological polar surface area (TPSA) is 0 Å². The first-order valence-electron chi connectivity index (χ1n) is 9.79. The molecule has 0 spiro atoms. The van der Waals surface area contributed by atoms with Gasteiger partial charge in [0.1, 0.15) is 0 Å². The highest BCUT2D eigenvalue weighted by atomic mass is 32.2. The Hall–Kier alpha value is -0.430. The highest BCUT2D eigenvalue weighted by Crippen LogP contribution is 2.58. The minimum Gasteiger partial charge on any atom is -0.153 e. The summed E-state index contributed by atoms with van der Waals surface area (Å²) < 4.78 is 0. The van der Waals surface area contributed by atoms with Crippen molar-refractivity contribution < 1.29 is 0 Å². The van der Waals surface area contributed by atoms with Crippen LogP contribution in [-0.2, 0) is 0 Å². The Balaban J connectivity index is 1.85. The number of allylic oxidation sites excluding steroid dienone is 4. The molecule has 5 unspecified atom stereocenters. The van der Waals surface area contributed by atoms with Crippen LogP contribution >= 0.6 is 11.8 Å². The van der Waals surface area contributed by atoms with Crippen molar-refractivity contribution in [2.24, 2.45) is 23.7 Å². The van der Waals surface area contributed by atoms with Crippen molar-refractivity contribution in [3.05, 3.63) is 33.4 Å². The zero-order valence-electron chi connectivity index (χ0n) is 15.5. The van der Waals surface area contributed by atoms with Crippen LogP contribution in [0.25, 0.3) is 0 Å². The highest BCUT2D eigenvalue weighted by Gasteiger charge is 2.45. The number of fused-ring (bicyclic) bond motifs is 1. The van der Waals surface area contributed by atoms with Crippen molar-refractivity contribution >= 4 is 11.8 Å². The number of thioether (sulfide) groups is 1. The molecule has 0 heterocycles. The Bertz CT molecular complexity index is 618. The highest BCUT2D eigenvalue weighted by molar-refractivity contribution is 7.99. The predicted molar refractivity (Wildman–Crippen MR) is 103 cm³/mol. The average Bonchev–Trinajstić information content (AvgIpc) is 2.84. The van der Waals surface area contributed by atoms with Gasteiger partial charge < -0.3 is 0 Å². The number of hydrogen-bond donors (Lipinski definition) is 0. The lowest BCUT2D eigenvalue weighted by Gasteiger charge is -2.41. The Morgan fingerprint density at radius 3 is 2.13 bits per heavy atom. The summed E-state index contributed by atoms with van der Waals surface area (Å²) in [6.45, 7) is 10.0. The average molecular weight is 329 g/mol. The third-order valence-electron chi connectivity index (χ3n) is 7.25. The zero-order valence-corrected chi connectivity index (χ0v) is 16.4. The number of hydrogen-bond acceptors (Lipinski definition) is 1. The van der Waals surface area contributed by atoms with Crippen molar-refractivity contribution in [3.63, 3.8) is 0 Å². The van der Waals surface area contributed by atoms with Gasteiger partial charge in [-0.15, -0.1) is 0 Å². The van der Waals surface area contributed by atoms with E-state index in [1.807, 2.05) is 33.4 Å². The first-order valence-corrected chi connectivity index (χ1v) is 11.1. The molecular formula is C22H32S. The molecule has 0 N–H and O–H groups in total. The molecule has 0 nitrogen and oxygen atoms in total. The molecule has 0 radical (unpaired) electrons. The van der Waals surface area contributed by atoms with Crippen LogP contribution < -0.4 is 0 Å². The van der Waals surface area contributed by atoms with Crippen LogP contribution in [0.2, 0.25) is 0 Å². The van der Waals surface area contributed by atoms with Crippen molar-refractivity contribution in [3.8, 4) is 0 Å². The molecule has 0 aliphatic heterocycles. The fourth-order valence-corrected chi connectivity index (χ4v) is 7.54. The first kappa shape index (κ1) is 16.1. The molecular weight excluding hydrogens is 296 g/mol. The van der Waals surface area contributed by atoms with E-state index in [0.29, 0.717) is 17.1 Å². The van der Waals surface area contributed by atoms with Gasteiger partial charge in [0.2, 0.25) is 0 Å². The molecule has 4 rings (SSSR count). The van der Waals surface area contributed by atoms with Crippen LogP contribution in [0, 0.1) is 23.7 Å². The largest absolute Gasteiger partial charge is 0.153 e. The van der Waals surface area contributed by atoms with Gasteiger partial charge in [-0.2, -0.15) is 11.8 Å². The van der Waals surface area contributed by atoms with Gasteiger partial charge in [0, 0.05) is 17.1 Å². The van der Waals surface area contributed by atoms with E-state index in [1.165, 1.54) is 38.5 Å². The SMILES string of the molecule is CSC1C2=C(CCCC2C)C(C)C2=C1C(C)C1=C2CCCC1C. The molecule has 0 saturated carbocycles. The minimum absolute atomic E-state index is 0.680. The molecule has 0 aromatic heterocycles. The van der Waals surface area contributed by atoms with Gasteiger partial charge in [0.25, 0.3) is 0 Å². The smallest absolute Gasteiger partial charge is 0.0480 e. The summed E-state index contributed by atoms with van der Waals surface area (Å²) in [5.41, 5.74) is 11.0. The minimum atomic E-state index is 0.680. The maximum Gasteiger partial charge on any atom is 0.0480 e. The Labute approximate surface area is 146 Å². The second-order valence-corrected chi connectivity index (χ2v) is 9.37. The Kier molecular flexibility index (Phi) is 4.07. The normalized spacial score (nSPS) is 40.3.